The highest BCUT2D eigenvalue weighted by Crippen LogP contribution is 2.11. The van der Waals surface area contributed by atoms with Crippen LogP contribution in [0.15, 0.2) is 0 Å². The highest BCUT2D eigenvalue weighted by atomic mass is 28.4. The number of rotatable bonds is 4. The van der Waals surface area contributed by atoms with Crippen LogP contribution >= 0.6 is 0 Å². The van der Waals surface area contributed by atoms with Gasteiger partial charge in [-0.15, -0.1) is 12.3 Å². The summed E-state index contributed by atoms with van der Waals surface area (Å²) in [6.07, 6.45) is 7.27. The average molecular weight is 170 g/mol. The van der Waals surface area contributed by atoms with Crippen molar-refractivity contribution in [2.45, 2.75) is 45.5 Å². The van der Waals surface area contributed by atoms with E-state index in [-0.39, 0.29) is 6.10 Å². The Morgan fingerprint density at radius 2 is 2.00 bits per heavy atom. The molecule has 0 aromatic carbocycles. The molecule has 0 aliphatic rings. The smallest absolute Gasteiger partial charge is 0.184 e. The third kappa shape index (κ3) is 6.15. The molecule has 0 spiro atoms. The lowest BCUT2D eigenvalue weighted by Crippen LogP contribution is -2.31. The predicted molar refractivity (Wildman–Crippen MR) is 52.0 cm³/mol. The molecule has 11 heavy (non-hydrogen) atoms. The lowest BCUT2D eigenvalue weighted by molar-refractivity contribution is 0.195. The molecule has 1 unspecified atom stereocenters. The maximum atomic E-state index is 5.82. The average Bonchev–Trinajstić information content (AvgIpc) is 1.84. The van der Waals surface area contributed by atoms with Crippen molar-refractivity contribution >= 4 is 8.32 Å². The van der Waals surface area contributed by atoms with Crippen LogP contribution in [0.3, 0.4) is 0 Å². The lowest BCUT2D eigenvalue weighted by atomic mass is 10.2. The van der Waals surface area contributed by atoms with E-state index in [0.29, 0.717) is 0 Å². The van der Waals surface area contributed by atoms with Crippen LogP contribution in [-0.2, 0) is 4.43 Å². The van der Waals surface area contributed by atoms with Crippen LogP contribution in [-0.4, -0.2) is 14.4 Å². The summed E-state index contributed by atoms with van der Waals surface area (Å²) in [5.41, 5.74) is 0. The first kappa shape index (κ1) is 10.7. The zero-order chi connectivity index (χ0) is 8.91. The molecule has 0 saturated heterocycles. The van der Waals surface area contributed by atoms with Crippen LogP contribution in [0.25, 0.3) is 0 Å². The van der Waals surface area contributed by atoms with Gasteiger partial charge in [0.05, 0.1) is 6.10 Å². The molecule has 0 N–H and O–H groups in total. The Hall–Kier alpha value is -0.263. The second-order valence-electron chi connectivity index (χ2n) is 3.67. The van der Waals surface area contributed by atoms with Crippen molar-refractivity contribution < 1.29 is 4.43 Å². The molecular formula is C9H18OSi. The van der Waals surface area contributed by atoms with Gasteiger partial charge in [0.2, 0.25) is 0 Å². The van der Waals surface area contributed by atoms with Crippen LogP contribution < -0.4 is 0 Å². The summed E-state index contributed by atoms with van der Waals surface area (Å²) in [5, 5.41) is 0. The Balaban J connectivity index is 3.80. The van der Waals surface area contributed by atoms with E-state index in [1.807, 2.05) is 0 Å². The molecule has 0 bridgehead atoms. The van der Waals surface area contributed by atoms with Gasteiger partial charge in [0.25, 0.3) is 0 Å². The molecule has 0 aromatic heterocycles. The highest BCUT2D eigenvalue weighted by molar-refractivity contribution is 6.69. The largest absolute Gasteiger partial charge is 0.414 e. The molecule has 0 fully saturated rings. The van der Waals surface area contributed by atoms with Crippen molar-refractivity contribution in [3.8, 4) is 12.3 Å². The van der Waals surface area contributed by atoms with E-state index in [9.17, 15) is 0 Å². The van der Waals surface area contributed by atoms with E-state index in [1.165, 1.54) is 0 Å². The van der Waals surface area contributed by atoms with Gasteiger partial charge in [0.1, 0.15) is 0 Å². The fourth-order valence-electron chi connectivity index (χ4n) is 0.901. The molecule has 1 atom stereocenters. The van der Waals surface area contributed by atoms with Crippen molar-refractivity contribution in [1.29, 1.82) is 0 Å². The number of hydrogen-bond acceptors (Lipinski definition) is 1. The molecule has 2 heteroatoms. The van der Waals surface area contributed by atoms with Crippen molar-refractivity contribution in [3.63, 3.8) is 0 Å². The van der Waals surface area contributed by atoms with Crippen molar-refractivity contribution in [2.75, 3.05) is 0 Å². The third-order valence-electron chi connectivity index (χ3n) is 1.32. The van der Waals surface area contributed by atoms with Crippen LogP contribution in [0.2, 0.25) is 19.6 Å². The van der Waals surface area contributed by atoms with Crippen LogP contribution in [0.5, 0.6) is 0 Å². The standard InChI is InChI=1S/C9H18OSi/c1-6-8-9(7-2)10-11(3,4)5/h1,9H,7-8H2,2-5H3. The van der Waals surface area contributed by atoms with Crippen LogP contribution in [0, 0.1) is 12.3 Å². The fourth-order valence-corrected chi connectivity index (χ4v) is 2.15. The molecule has 0 rings (SSSR count). The maximum absolute atomic E-state index is 5.82. The minimum absolute atomic E-state index is 0.284. The number of terminal acetylenes is 1. The monoisotopic (exact) mass is 170 g/mol. The molecule has 64 valence electrons. The molecule has 0 aliphatic carbocycles. The second-order valence-corrected chi connectivity index (χ2v) is 8.13. The Kier molecular flexibility index (Phi) is 4.47. The first-order valence-corrected chi connectivity index (χ1v) is 7.51. The van der Waals surface area contributed by atoms with Gasteiger partial charge in [0.15, 0.2) is 8.32 Å². The molecule has 0 aromatic rings. The lowest BCUT2D eigenvalue weighted by Gasteiger charge is -2.23. The van der Waals surface area contributed by atoms with Gasteiger partial charge in [0, 0.05) is 6.42 Å². The summed E-state index contributed by atoms with van der Waals surface area (Å²) in [5.74, 6) is 2.64. The molecule has 0 saturated carbocycles. The first-order valence-electron chi connectivity index (χ1n) is 4.11. The van der Waals surface area contributed by atoms with Crippen molar-refractivity contribution in [2.24, 2.45) is 0 Å². The minimum Gasteiger partial charge on any atom is -0.414 e. The summed E-state index contributed by atoms with van der Waals surface area (Å²) in [6.45, 7) is 8.67. The second kappa shape index (κ2) is 4.58. The van der Waals surface area contributed by atoms with E-state index < -0.39 is 8.32 Å². The molecule has 0 heterocycles. The van der Waals surface area contributed by atoms with E-state index in [1.54, 1.807) is 0 Å². The predicted octanol–water partition coefficient (Wildman–Crippen LogP) is 2.64. The molecule has 0 aliphatic heterocycles. The Morgan fingerprint density at radius 1 is 1.45 bits per heavy atom. The summed E-state index contributed by atoms with van der Waals surface area (Å²) < 4.78 is 5.82. The topological polar surface area (TPSA) is 9.23 Å². The van der Waals surface area contributed by atoms with Crippen LogP contribution in [0.1, 0.15) is 19.8 Å². The molecule has 0 amide bonds. The SMILES string of the molecule is C#CCC(CC)O[Si](C)(C)C. The zero-order valence-electron chi connectivity index (χ0n) is 7.98. The summed E-state index contributed by atoms with van der Waals surface area (Å²) in [4.78, 5) is 0. The molecule has 0 radical (unpaired) electrons. The molecular weight excluding hydrogens is 152 g/mol. The van der Waals surface area contributed by atoms with E-state index in [0.717, 1.165) is 12.8 Å². The van der Waals surface area contributed by atoms with Crippen molar-refractivity contribution in [1.82, 2.24) is 0 Å². The maximum Gasteiger partial charge on any atom is 0.184 e. The van der Waals surface area contributed by atoms with Gasteiger partial charge >= 0.3 is 0 Å². The minimum atomic E-state index is -1.37. The van der Waals surface area contributed by atoms with E-state index >= 15 is 0 Å². The van der Waals surface area contributed by atoms with Crippen molar-refractivity contribution in [3.05, 3.63) is 0 Å². The summed E-state index contributed by atoms with van der Waals surface area (Å²) in [6, 6.07) is 0. The van der Waals surface area contributed by atoms with Gasteiger partial charge in [-0.25, -0.2) is 0 Å². The normalized spacial score (nSPS) is 14.1. The van der Waals surface area contributed by atoms with Gasteiger partial charge in [-0.2, -0.15) is 0 Å². The van der Waals surface area contributed by atoms with E-state index in [4.69, 9.17) is 10.8 Å². The Bertz CT molecular complexity index is 141. The quantitative estimate of drug-likeness (QED) is 0.465. The number of hydrogen-bond donors (Lipinski definition) is 0. The van der Waals surface area contributed by atoms with Gasteiger partial charge < -0.3 is 4.43 Å². The first-order chi connectivity index (χ1) is 4.99. The zero-order valence-corrected chi connectivity index (χ0v) is 8.98. The van der Waals surface area contributed by atoms with Gasteiger partial charge in [-0.05, 0) is 26.1 Å². The Morgan fingerprint density at radius 3 is 2.27 bits per heavy atom. The summed E-state index contributed by atoms with van der Waals surface area (Å²) >= 11 is 0. The van der Waals surface area contributed by atoms with E-state index in [2.05, 4.69) is 32.5 Å². The summed E-state index contributed by atoms with van der Waals surface area (Å²) in [7, 11) is -1.37. The van der Waals surface area contributed by atoms with Crippen LogP contribution in [0.4, 0.5) is 0 Å². The fraction of sp³-hybridized carbons (Fsp3) is 0.778. The Labute approximate surface area is 71.3 Å². The molecule has 1 nitrogen and oxygen atoms in total. The van der Waals surface area contributed by atoms with Gasteiger partial charge in [-0.1, -0.05) is 6.92 Å². The highest BCUT2D eigenvalue weighted by Gasteiger charge is 2.18. The van der Waals surface area contributed by atoms with Gasteiger partial charge in [-0.3, -0.25) is 0 Å². The third-order valence-corrected chi connectivity index (χ3v) is 2.36.